The van der Waals surface area contributed by atoms with Crippen LogP contribution in [0, 0.1) is 5.82 Å². The number of ether oxygens (including phenoxy) is 1. The van der Waals surface area contributed by atoms with Gasteiger partial charge in [0.25, 0.3) is 0 Å². The van der Waals surface area contributed by atoms with Gasteiger partial charge in [0.15, 0.2) is 0 Å². The summed E-state index contributed by atoms with van der Waals surface area (Å²) >= 11 is 0. The highest BCUT2D eigenvalue weighted by Gasteiger charge is 2.20. The summed E-state index contributed by atoms with van der Waals surface area (Å²) in [4.78, 5) is 2.34. The van der Waals surface area contributed by atoms with Gasteiger partial charge >= 0.3 is 0 Å². The average molecular weight is 282 g/mol. The number of halogens is 1. The van der Waals surface area contributed by atoms with Crippen molar-refractivity contribution in [2.75, 3.05) is 33.3 Å². The van der Waals surface area contributed by atoms with Gasteiger partial charge in [0.1, 0.15) is 11.6 Å². The summed E-state index contributed by atoms with van der Waals surface area (Å²) in [6.45, 7) is 10.1. The van der Waals surface area contributed by atoms with E-state index in [2.05, 4.69) is 24.1 Å². The molecule has 0 heterocycles. The number of methoxy groups -OCH3 is 1. The van der Waals surface area contributed by atoms with Crippen LogP contribution in [0.4, 0.5) is 4.39 Å². The summed E-state index contributed by atoms with van der Waals surface area (Å²) in [5.41, 5.74) is 0.643. The molecule has 0 bridgehead atoms. The predicted molar refractivity (Wildman–Crippen MR) is 81.8 cm³/mol. The van der Waals surface area contributed by atoms with E-state index in [1.807, 2.05) is 13.0 Å². The lowest BCUT2D eigenvalue weighted by atomic mass is 10.0. The molecule has 0 saturated heterocycles. The lowest BCUT2D eigenvalue weighted by Gasteiger charge is -2.25. The van der Waals surface area contributed by atoms with Crippen molar-refractivity contribution in [3.8, 4) is 5.75 Å². The molecule has 0 aliphatic rings. The minimum absolute atomic E-state index is 0.0169. The van der Waals surface area contributed by atoms with Gasteiger partial charge in [0.2, 0.25) is 0 Å². The van der Waals surface area contributed by atoms with Gasteiger partial charge in [-0.2, -0.15) is 0 Å². The average Bonchev–Trinajstić information content (AvgIpc) is 2.47. The Hall–Kier alpha value is -1.13. The van der Waals surface area contributed by atoms with Crippen LogP contribution < -0.4 is 10.1 Å². The first kappa shape index (κ1) is 16.9. The Morgan fingerprint density at radius 2 is 1.95 bits per heavy atom. The molecule has 0 radical (unpaired) electrons. The molecule has 0 aliphatic carbocycles. The molecule has 1 N–H and O–H groups in total. The Kier molecular flexibility index (Phi) is 7.55. The molecule has 0 fully saturated rings. The number of hydrogen-bond donors (Lipinski definition) is 1. The number of nitrogens with one attached hydrogen (secondary N) is 1. The molecule has 0 amide bonds. The Morgan fingerprint density at radius 3 is 2.50 bits per heavy atom. The van der Waals surface area contributed by atoms with E-state index in [0.29, 0.717) is 11.3 Å². The van der Waals surface area contributed by atoms with Crippen molar-refractivity contribution < 1.29 is 9.13 Å². The molecule has 0 spiro atoms. The van der Waals surface area contributed by atoms with E-state index >= 15 is 0 Å². The number of rotatable bonds is 9. The number of hydrogen-bond acceptors (Lipinski definition) is 3. The van der Waals surface area contributed by atoms with Crippen LogP contribution in [0.25, 0.3) is 0 Å². The Labute approximate surface area is 122 Å². The lowest BCUT2D eigenvalue weighted by molar-refractivity contribution is 0.278. The maximum atomic E-state index is 14.2. The topological polar surface area (TPSA) is 24.5 Å². The van der Waals surface area contributed by atoms with Gasteiger partial charge in [-0.15, -0.1) is 0 Å². The highest BCUT2D eigenvalue weighted by atomic mass is 19.1. The largest absolute Gasteiger partial charge is 0.496 e. The van der Waals surface area contributed by atoms with Gasteiger partial charge in [-0.1, -0.05) is 26.8 Å². The van der Waals surface area contributed by atoms with Gasteiger partial charge in [-0.25, -0.2) is 4.39 Å². The molecule has 114 valence electrons. The minimum atomic E-state index is -0.199. The minimum Gasteiger partial charge on any atom is -0.496 e. The molecule has 1 aromatic carbocycles. The third-order valence-electron chi connectivity index (χ3n) is 3.66. The van der Waals surface area contributed by atoms with Crippen molar-refractivity contribution in [1.82, 2.24) is 10.2 Å². The van der Waals surface area contributed by atoms with Crippen LogP contribution in [0.3, 0.4) is 0 Å². The zero-order valence-corrected chi connectivity index (χ0v) is 13.1. The van der Waals surface area contributed by atoms with Crippen molar-refractivity contribution in [1.29, 1.82) is 0 Å². The second-order valence-electron chi connectivity index (χ2n) is 4.78. The maximum absolute atomic E-state index is 14.2. The molecule has 0 aliphatic heterocycles. The zero-order chi connectivity index (χ0) is 15.0. The summed E-state index contributed by atoms with van der Waals surface area (Å²) in [7, 11) is 1.59. The van der Waals surface area contributed by atoms with E-state index in [4.69, 9.17) is 4.74 Å². The Balaban J connectivity index is 2.90. The summed E-state index contributed by atoms with van der Waals surface area (Å²) < 4.78 is 19.5. The highest BCUT2D eigenvalue weighted by molar-refractivity contribution is 5.37. The Morgan fingerprint density at radius 1 is 1.25 bits per heavy atom. The van der Waals surface area contributed by atoms with Crippen molar-refractivity contribution in [2.45, 2.75) is 33.2 Å². The first-order chi connectivity index (χ1) is 9.67. The third kappa shape index (κ3) is 4.46. The van der Waals surface area contributed by atoms with Gasteiger partial charge in [0.05, 0.1) is 7.11 Å². The van der Waals surface area contributed by atoms with Crippen LogP contribution in [0.5, 0.6) is 5.75 Å². The van der Waals surface area contributed by atoms with E-state index in [-0.39, 0.29) is 11.9 Å². The fraction of sp³-hybridized carbons (Fsp3) is 0.625. The second-order valence-corrected chi connectivity index (χ2v) is 4.78. The van der Waals surface area contributed by atoms with Crippen molar-refractivity contribution in [3.05, 3.63) is 29.6 Å². The quantitative estimate of drug-likeness (QED) is 0.752. The molecule has 1 unspecified atom stereocenters. The normalized spacial score (nSPS) is 12.7. The predicted octanol–water partition coefficient (Wildman–Crippen LogP) is 3.22. The van der Waals surface area contributed by atoms with Crippen LogP contribution in [-0.4, -0.2) is 38.2 Å². The summed E-state index contributed by atoms with van der Waals surface area (Å²) in [6, 6.07) is 4.99. The van der Waals surface area contributed by atoms with Crippen LogP contribution in [0.1, 0.15) is 38.8 Å². The SMILES string of the molecule is CCNC(CCN(CC)CC)c1c(F)cccc1OC. The van der Waals surface area contributed by atoms with E-state index in [1.54, 1.807) is 13.2 Å². The van der Waals surface area contributed by atoms with Crippen LogP contribution in [0.2, 0.25) is 0 Å². The first-order valence-corrected chi connectivity index (χ1v) is 7.45. The van der Waals surface area contributed by atoms with Crippen molar-refractivity contribution >= 4 is 0 Å². The second kappa shape index (κ2) is 8.93. The molecule has 20 heavy (non-hydrogen) atoms. The summed E-state index contributed by atoms with van der Waals surface area (Å²) in [6.07, 6.45) is 0.868. The molecular formula is C16H27FN2O. The van der Waals surface area contributed by atoms with Crippen molar-refractivity contribution in [2.24, 2.45) is 0 Å². The van der Waals surface area contributed by atoms with E-state index in [1.165, 1.54) is 6.07 Å². The molecule has 0 saturated carbocycles. The van der Waals surface area contributed by atoms with E-state index < -0.39 is 0 Å². The summed E-state index contributed by atoms with van der Waals surface area (Å²) in [5, 5.41) is 3.37. The molecule has 1 aromatic rings. The van der Waals surface area contributed by atoms with E-state index in [9.17, 15) is 4.39 Å². The highest BCUT2D eigenvalue weighted by Crippen LogP contribution is 2.30. The molecule has 3 nitrogen and oxygen atoms in total. The van der Waals surface area contributed by atoms with Gasteiger partial charge in [-0.05, 0) is 44.7 Å². The van der Waals surface area contributed by atoms with Crippen LogP contribution >= 0.6 is 0 Å². The van der Waals surface area contributed by atoms with Gasteiger partial charge in [-0.3, -0.25) is 0 Å². The van der Waals surface area contributed by atoms with E-state index in [0.717, 1.165) is 32.6 Å². The third-order valence-corrected chi connectivity index (χ3v) is 3.66. The smallest absolute Gasteiger partial charge is 0.131 e. The fourth-order valence-electron chi connectivity index (χ4n) is 2.48. The van der Waals surface area contributed by atoms with Gasteiger partial charge < -0.3 is 15.0 Å². The lowest BCUT2D eigenvalue weighted by Crippen LogP contribution is -2.30. The first-order valence-electron chi connectivity index (χ1n) is 7.45. The fourth-order valence-corrected chi connectivity index (χ4v) is 2.48. The molecule has 4 heteroatoms. The van der Waals surface area contributed by atoms with Crippen LogP contribution in [-0.2, 0) is 0 Å². The molecule has 1 atom stereocenters. The molecule has 1 rings (SSSR count). The number of nitrogens with zero attached hydrogens (tertiary/aromatic N) is 1. The Bertz CT molecular complexity index is 394. The monoisotopic (exact) mass is 282 g/mol. The maximum Gasteiger partial charge on any atom is 0.131 e. The molecular weight excluding hydrogens is 255 g/mol. The standard InChI is InChI=1S/C16H27FN2O/c1-5-18-14(11-12-19(6-2)7-3)16-13(17)9-8-10-15(16)20-4/h8-10,14,18H,5-7,11-12H2,1-4H3. The summed E-state index contributed by atoms with van der Waals surface area (Å²) in [5.74, 6) is 0.422. The zero-order valence-electron chi connectivity index (χ0n) is 13.1. The number of benzene rings is 1. The molecule has 0 aromatic heterocycles. The van der Waals surface area contributed by atoms with Crippen molar-refractivity contribution in [3.63, 3.8) is 0 Å². The van der Waals surface area contributed by atoms with Crippen LogP contribution in [0.15, 0.2) is 18.2 Å². The van der Waals surface area contributed by atoms with Gasteiger partial charge in [0, 0.05) is 11.6 Å².